The topological polar surface area (TPSA) is 77.4 Å². The number of aromatic nitrogens is 2. The van der Waals surface area contributed by atoms with Crippen LogP contribution in [0.25, 0.3) is 33.5 Å². The zero-order chi connectivity index (χ0) is 27.2. The quantitative estimate of drug-likeness (QED) is 0.233. The molecule has 1 atom stereocenters. The van der Waals surface area contributed by atoms with Crippen LogP contribution in [0.2, 0.25) is 16.6 Å². The maximum atomic E-state index is 13.3. The van der Waals surface area contributed by atoms with Gasteiger partial charge in [0.2, 0.25) is 8.32 Å². The lowest BCUT2D eigenvalue weighted by Crippen LogP contribution is -2.48. The molecule has 1 aliphatic rings. The van der Waals surface area contributed by atoms with Crippen molar-refractivity contribution in [1.82, 2.24) is 9.97 Å². The number of hydrogen-bond donors (Lipinski definition) is 1. The minimum Gasteiger partial charge on any atom is -0.496 e. The fraction of sp³-hybridized carbons (Fsp3) is 0.419. The molecule has 2 aromatic carbocycles. The highest BCUT2D eigenvalue weighted by atomic mass is 28.4. The number of hydrogen-bond acceptors (Lipinski definition) is 5. The van der Waals surface area contributed by atoms with Crippen LogP contribution in [0.1, 0.15) is 65.2 Å². The molecule has 0 spiro atoms. The van der Waals surface area contributed by atoms with E-state index in [1.807, 2.05) is 6.07 Å². The molecule has 0 saturated carbocycles. The average Bonchev–Trinajstić information content (AvgIpc) is 3.56. The van der Waals surface area contributed by atoms with E-state index in [2.05, 4.69) is 69.7 Å². The first-order chi connectivity index (χ1) is 18.1. The van der Waals surface area contributed by atoms with Gasteiger partial charge in [0.15, 0.2) is 17.6 Å². The van der Waals surface area contributed by atoms with Crippen molar-refractivity contribution in [3.05, 3.63) is 70.3 Å². The van der Waals surface area contributed by atoms with Crippen molar-refractivity contribution in [3.8, 4) is 28.3 Å². The minimum atomic E-state index is -2.03. The highest BCUT2D eigenvalue weighted by Crippen LogP contribution is 2.48. The van der Waals surface area contributed by atoms with Crippen molar-refractivity contribution in [3.63, 3.8) is 0 Å². The van der Waals surface area contributed by atoms with Gasteiger partial charge < -0.3 is 18.6 Å². The number of rotatable bonds is 8. The highest BCUT2D eigenvalue weighted by Gasteiger charge is 2.47. The van der Waals surface area contributed by atoms with Gasteiger partial charge in [-0.25, -0.2) is 4.98 Å². The molecule has 4 aromatic rings. The van der Waals surface area contributed by atoms with Gasteiger partial charge in [-0.3, -0.25) is 4.79 Å². The zero-order valence-corrected chi connectivity index (χ0v) is 24.4. The molecular weight excluding hydrogens is 492 g/mol. The number of benzene rings is 2. The van der Waals surface area contributed by atoms with Crippen LogP contribution in [0.4, 0.5) is 0 Å². The summed E-state index contributed by atoms with van der Waals surface area (Å²) < 4.78 is 18.3. The maximum Gasteiger partial charge on any atom is 0.201 e. The van der Waals surface area contributed by atoms with E-state index in [-0.39, 0.29) is 11.5 Å². The Labute approximate surface area is 225 Å². The molecule has 0 bridgehead atoms. The Kier molecular flexibility index (Phi) is 7.09. The number of aromatic amines is 1. The maximum absolute atomic E-state index is 13.3. The Bertz CT molecular complexity index is 1480. The average molecular weight is 531 g/mol. The molecule has 0 aliphatic heterocycles. The van der Waals surface area contributed by atoms with Crippen LogP contribution in [0, 0.1) is 0 Å². The van der Waals surface area contributed by atoms with Gasteiger partial charge in [-0.2, -0.15) is 0 Å². The van der Waals surface area contributed by atoms with Gasteiger partial charge in [0.1, 0.15) is 5.75 Å². The standard InChI is InChI=1S/C31H38N2O4Si/c1-18(2)38(19(3)4,20(5)6)37-29-11-10-21-8-9-22(12-23(21)29)26-14-28(34)24-13-25(31-16-32-17-36-31)30(35-7)15-27(24)33-26/h8-9,12-20,29H,10-11H2,1-7H3,(H,33,34). The summed E-state index contributed by atoms with van der Waals surface area (Å²) in [6.07, 6.45) is 5.11. The van der Waals surface area contributed by atoms with E-state index in [0.29, 0.717) is 44.6 Å². The monoisotopic (exact) mass is 530 g/mol. The molecule has 7 heteroatoms. The Morgan fingerprint density at radius 1 is 1.03 bits per heavy atom. The van der Waals surface area contributed by atoms with Gasteiger partial charge in [-0.1, -0.05) is 53.7 Å². The second-order valence-corrected chi connectivity index (χ2v) is 16.8. The van der Waals surface area contributed by atoms with E-state index in [1.165, 1.54) is 17.5 Å². The zero-order valence-electron chi connectivity index (χ0n) is 23.4. The molecule has 1 aliphatic carbocycles. The third kappa shape index (κ3) is 4.41. The summed E-state index contributed by atoms with van der Waals surface area (Å²) >= 11 is 0. The number of pyridine rings is 1. The highest BCUT2D eigenvalue weighted by molar-refractivity contribution is 6.77. The Morgan fingerprint density at radius 2 is 1.76 bits per heavy atom. The molecule has 0 fully saturated rings. The molecule has 38 heavy (non-hydrogen) atoms. The summed E-state index contributed by atoms with van der Waals surface area (Å²) in [6, 6.07) is 11.9. The summed E-state index contributed by atoms with van der Waals surface area (Å²) in [5.74, 6) is 1.17. The second kappa shape index (κ2) is 10.2. The fourth-order valence-electron chi connectivity index (χ4n) is 6.65. The summed E-state index contributed by atoms with van der Waals surface area (Å²) in [6.45, 7) is 14.0. The Balaban J connectivity index is 1.55. The smallest absolute Gasteiger partial charge is 0.201 e. The van der Waals surface area contributed by atoms with E-state index in [9.17, 15) is 4.79 Å². The van der Waals surface area contributed by atoms with E-state index >= 15 is 0 Å². The number of fused-ring (bicyclic) bond motifs is 2. The third-order valence-corrected chi connectivity index (χ3v) is 14.5. The van der Waals surface area contributed by atoms with Crippen molar-refractivity contribution in [2.75, 3.05) is 7.11 Å². The van der Waals surface area contributed by atoms with E-state index in [1.54, 1.807) is 25.4 Å². The summed E-state index contributed by atoms with van der Waals surface area (Å²) in [5.41, 5.74) is 7.33. The first-order valence-corrected chi connectivity index (χ1v) is 15.7. The lowest BCUT2D eigenvalue weighted by molar-refractivity contribution is 0.177. The number of nitrogens with zero attached hydrogens (tertiary/aromatic N) is 1. The molecular formula is C31H38N2O4Si. The molecule has 0 radical (unpaired) electrons. The van der Waals surface area contributed by atoms with Gasteiger partial charge in [-0.05, 0) is 58.3 Å². The number of methoxy groups -OCH3 is 1. The van der Waals surface area contributed by atoms with Gasteiger partial charge in [0, 0.05) is 23.2 Å². The van der Waals surface area contributed by atoms with Crippen LogP contribution >= 0.6 is 0 Å². The van der Waals surface area contributed by atoms with Gasteiger partial charge >= 0.3 is 0 Å². The third-order valence-electron chi connectivity index (χ3n) is 8.38. The molecule has 5 rings (SSSR count). The van der Waals surface area contributed by atoms with Crippen LogP contribution in [0.5, 0.6) is 5.75 Å². The predicted octanol–water partition coefficient (Wildman–Crippen LogP) is 8.04. The summed E-state index contributed by atoms with van der Waals surface area (Å²) in [5, 5.41) is 0.574. The van der Waals surface area contributed by atoms with Crippen LogP contribution in [0.3, 0.4) is 0 Å². The second-order valence-electron chi connectivity index (χ2n) is 11.4. The number of ether oxygens (including phenoxy) is 1. The number of nitrogens with one attached hydrogen (secondary N) is 1. The number of aryl methyl sites for hydroxylation is 1. The lowest BCUT2D eigenvalue weighted by Gasteiger charge is -2.44. The largest absolute Gasteiger partial charge is 0.496 e. The van der Waals surface area contributed by atoms with Crippen LogP contribution < -0.4 is 10.2 Å². The summed E-state index contributed by atoms with van der Waals surface area (Å²) in [7, 11) is -0.416. The Morgan fingerprint density at radius 3 is 2.39 bits per heavy atom. The van der Waals surface area contributed by atoms with Gasteiger partial charge in [0.25, 0.3) is 0 Å². The molecule has 200 valence electrons. The normalized spacial score (nSPS) is 15.7. The van der Waals surface area contributed by atoms with Crippen molar-refractivity contribution in [2.45, 2.75) is 77.1 Å². The first kappa shape index (κ1) is 26.4. The first-order valence-electron chi connectivity index (χ1n) is 13.6. The van der Waals surface area contributed by atoms with Crippen molar-refractivity contribution >= 4 is 19.2 Å². The molecule has 1 unspecified atom stereocenters. The van der Waals surface area contributed by atoms with Crippen molar-refractivity contribution in [1.29, 1.82) is 0 Å². The summed E-state index contributed by atoms with van der Waals surface area (Å²) in [4.78, 5) is 20.8. The van der Waals surface area contributed by atoms with E-state index in [4.69, 9.17) is 13.6 Å². The van der Waals surface area contributed by atoms with Crippen LogP contribution in [-0.4, -0.2) is 25.4 Å². The van der Waals surface area contributed by atoms with Gasteiger partial charge in [-0.15, -0.1) is 0 Å². The van der Waals surface area contributed by atoms with Crippen molar-refractivity contribution in [2.24, 2.45) is 0 Å². The molecule has 1 N–H and O–H groups in total. The van der Waals surface area contributed by atoms with Crippen molar-refractivity contribution < 1.29 is 13.6 Å². The molecule has 2 aromatic heterocycles. The van der Waals surface area contributed by atoms with Crippen LogP contribution in [-0.2, 0) is 10.8 Å². The fourth-order valence-corrected chi connectivity index (χ4v) is 12.2. The Hall–Kier alpha value is -3.16. The SMILES string of the molecule is COc1cc2[nH]c(-c3ccc4c(c3)C(O[Si](C(C)C)(C(C)C)C(C)C)CC4)cc(=O)c2cc1-c1cnco1. The molecule has 2 heterocycles. The molecule has 0 amide bonds. The molecule has 0 saturated heterocycles. The number of H-pyrrole nitrogens is 1. The minimum absolute atomic E-state index is 0.0590. The predicted molar refractivity (Wildman–Crippen MR) is 155 cm³/mol. The number of oxazole rings is 1. The lowest BCUT2D eigenvalue weighted by atomic mass is 10.0. The van der Waals surface area contributed by atoms with E-state index < -0.39 is 8.32 Å². The van der Waals surface area contributed by atoms with Crippen LogP contribution in [0.15, 0.2) is 58.2 Å². The van der Waals surface area contributed by atoms with Gasteiger partial charge in [0.05, 0.1) is 30.5 Å². The van der Waals surface area contributed by atoms with E-state index in [0.717, 1.165) is 24.1 Å². The molecule has 6 nitrogen and oxygen atoms in total.